The van der Waals surface area contributed by atoms with Gasteiger partial charge in [0, 0.05) is 6.42 Å². The summed E-state index contributed by atoms with van der Waals surface area (Å²) in [6.07, 6.45) is 67.1. The van der Waals surface area contributed by atoms with Crippen molar-refractivity contribution < 1.29 is 32.9 Å². The van der Waals surface area contributed by atoms with Gasteiger partial charge in [-0.3, -0.25) is 9.36 Å². The Hall–Kier alpha value is -2.32. The first-order valence-electron chi connectivity index (χ1n) is 26.9. The number of aliphatic hydroxyl groups excluding tert-OH is 1. The van der Waals surface area contributed by atoms with Crippen LogP contribution in [0, 0.1) is 0 Å². The van der Waals surface area contributed by atoms with Crippen LogP contribution in [0.4, 0.5) is 0 Å². The molecule has 9 heteroatoms. The summed E-state index contributed by atoms with van der Waals surface area (Å²) in [5.74, 6) is -0.215. The molecule has 0 aliphatic rings. The van der Waals surface area contributed by atoms with Crippen LogP contribution in [0.3, 0.4) is 0 Å². The van der Waals surface area contributed by atoms with Gasteiger partial charge in [0.25, 0.3) is 7.82 Å². The zero-order valence-corrected chi connectivity index (χ0v) is 44.3. The Morgan fingerprint density at radius 3 is 1.41 bits per heavy atom. The van der Waals surface area contributed by atoms with Crippen molar-refractivity contribution in [3.05, 3.63) is 85.1 Å². The first kappa shape index (κ1) is 63.7. The Balaban J connectivity index is 3.91. The largest absolute Gasteiger partial charge is 0.756 e. The van der Waals surface area contributed by atoms with E-state index < -0.39 is 26.6 Å². The van der Waals surface area contributed by atoms with E-state index in [0.29, 0.717) is 17.4 Å². The van der Waals surface area contributed by atoms with E-state index in [2.05, 4.69) is 79.1 Å². The molecule has 0 aromatic carbocycles. The van der Waals surface area contributed by atoms with Crippen molar-refractivity contribution >= 4 is 13.7 Å². The van der Waals surface area contributed by atoms with E-state index in [1.807, 2.05) is 40.2 Å². The smallest absolute Gasteiger partial charge is 0.268 e. The molecule has 1 amide bonds. The number of quaternary nitrogens is 1. The van der Waals surface area contributed by atoms with E-state index >= 15 is 0 Å². The zero-order chi connectivity index (χ0) is 48.5. The quantitative estimate of drug-likeness (QED) is 0.0272. The number of rotatable bonds is 48. The first-order valence-corrected chi connectivity index (χ1v) is 28.4. The highest BCUT2D eigenvalue weighted by Crippen LogP contribution is 2.38. The number of amides is 1. The number of nitrogens with zero attached hydrogens (tertiary/aromatic N) is 1. The number of carbonyl (C=O) groups is 1. The van der Waals surface area contributed by atoms with Gasteiger partial charge in [-0.05, 0) is 77.6 Å². The second kappa shape index (κ2) is 47.7. The summed E-state index contributed by atoms with van der Waals surface area (Å²) in [4.78, 5) is 25.3. The molecule has 0 saturated carbocycles. The van der Waals surface area contributed by atoms with E-state index in [1.54, 1.807) is 6.08 Å². The van der Waals surface area contributed by atoms with Crippen LogP contribution in [0.1, 0.15) is 219 Å². The lowest BCUT2D eigenvalue weighted by atomic mass is 10.0. The third kappa shape index (κ3) is 49.6. The molecule has 0 bridgehead atoms. The van der Waals surface area contributed by atoms with Crippen molar-refractivity contribution in [1.82, 2.24) is 5.32 Å². The minimum atomic E-state index is -4.60. The summed E-state index contributed by atoms with van der Waals surface area (Å²) in [7, 11) is 1.23. The average Bonchev–Trinajstić information content (AvgIpc) is 3.28. The Labute approximate surface area is 407 Å². The number of aliphatic hydroxyl groups is 1. The van der Waals surface area contributed by atoms with Crippen molar-refractivity contribution in [2.24, 2.45) is 0 Å². The number of unbranched alkanes of at least 4 members (excludes halogenated alkanes) is 24. The molecule has 0 saturated heterocycles. The summed E-state index contributed by atoms with van der Waals surface area (Å²) in [5, 5.41) is 13.7. The van der Waals surface area contributed by atoms with Crippen LogP contribution in [0.5, 0.6) is 0 Å². The van der Waals surface area contributed by atoms with Gasteiger partial charge in [0.05, 0.1) is 39.9 Å². The van der Waals surface area contributed by atoms with Crippen molar-refractivity contribution in [2.75, 3.05) is 40.9 Å². The van der Waals surface area contributed by atoms with E-state index in [-0.39, 0.29) is 12.5 Å². The summed E-state index contributed by atoms with van der Waals surface area (Å²) < 4.78 is 23.2. The van der Waals surface area contributed by atoms with Gasteiger partial charge in [-0.1, -0.05) is 220 Å². The molecule has 3 atom stereocenters. The maximum absolute atomic E-state index is 12.9. The zero-order valence-electron chi connectivity index (χ0n) is 43.4. The van der Waals surface area contributed by atoms with Gasteiger partial charge >= 0.3 is 0 Å². The number of allylic oxidation sites excluding steroid dienone is 13. The summed E-state index contributed by atoms with van der Waals surface area (Å²) in [6.45, 7) is 4.26. The minimum Gasteiger partial charge on any atom is -0.756 e. The molecule has 0 radical (unpaired) electrons. The number of nitrogens with one attached hydrogen (secondary N) is 1. The predicted molar refractivity (Wildman–Crippen MR) is 283 cm³/mol. The lowest BCUT2D eigenvalue weighted by Crippen LogP contribution is -2.45. The van der Waals surface area contributed by atoms with Gasteiger partial charge in [-0.25, -0.2) is 0 Å². The summed E-state index contributed by atoms with van der Waals surface area (Å²) in [5.41, 5.74) is 0. The fourth-order valence-corrected chi connectivity index (χ4v) is 8.20. The van der Waals surface area contributed by atoms with Crippen molar-refractivity contribution in [3.63, 3.8) is 0 Å². The highest BCUT2D eigenvalue weighted by molar-refractivity contribution is 7.45. The predicted octanol–water partition coefficient (Wildman–Crippen LogP) is 15.5. The Morgan fingerprint density at radius 1 is 0.561 bits per heavy atom. The Morgan fingerprint density at radius 2 is 0.955 bits per heavy atom. The van der Waals surface area contributed by atoms with Crippen molar-refractivity contribution in [1.29, 1.82) is 0 Å². The van der Waals surface area contributed by atoms with E-state index in [0.717, 1.165) is 70.6 Å². The number of carbonyl (C=O) groups excluding carboxylic acids is 1. The van der Waals surface area contributed by atoms with Crippen LogP contribution >= 0.6 is 7.82 Å². The third-order valence-corrected chi connectivity index (χ3v) is 12.6. The molecular weight excluding hydrogens is 840 g/mol. The molecule has 0 aliphatic heterocycles. The second-order valence-corrected chi connectivity index (χ2v) is 20.6. The molecule has 0 heterocycles. The number of hydrogen-bond donors (Lipinski definition) is 2. The van der Waals surface area contributed by atoms with E-state index in [9.17, 15) is 19.4 Å². The summed E-state index contributed by atoms with van der Waals surface area (Å²) >= 11 is 0. The topological polar surface area (TPSA) is 108 Å². The Kier molecular flexibility index (Phi) is 46.1. The van der Waals surface area contributed by atoms with Gasteiger partial charge in [0.2, 0.25) is 5.91 Å². The molecular formula is C57H103N2O6P. The van der Waals surface area contributed by atoms with Crippen LogP contribution in [0.2, 0.25) is 0 Å². The molecule has 2 N–H and O–H groups in total. The van der Waals surface area contributed by atoms with E-state index in [4.69, 9.17) is 9.05 Å². The standard InChI is InChI=1S/C57H103N2O6P/c1-6-8-10-12-14-16-17-18-19-20-21-22-23-24-25-26-27-28-29-30-31-32-33-34-35-36-37-38-39-40-41-43-45-47-49-51-57(61)58-55(54-65-66(62,63)64-53-52-59(3,4)5)56(60)50-48-46-44-42-15-13-11-9-7-2/h7-10,14-16,18-19,21-22,42,48,50,55-56,60H,6,11-13,17,20,23-41,43-47,49,51-54H2,1-5H3,(H-,58,61,62,63)/b9-7+,10-8-,16-14-,19-18-,22-21-,42-15+,50-48+. The maximum atomic E-state index is 12.9. The van der Waals surface area contributed by atoms with Crippen LogP contribution in [-0.2, 0) is 18.4 Å². The van der Waals surface area contributed by atoms with Gasteiger partial charge < -0.3 is 28.8 Å². The van der Waals surface area contributed by atoms with Gasteiger partial charge in [-0.2, -0.15) is 0 Å². The second-order valence-electron chi connectivity index (χ2n) is 19.2. The monoisotopic (exact) mass is 943 g/mol. The molecule has 0 aromatic heterocycles. The van der Waals surface area contributed by atoms with Crippen molar-refractivity contribution in [2.45, 2.75) is 231 Å². The first-order chi connectivity index (χ1) is 32.0. The lowest BCUT2D eigenvalue weighted by Gasteiger charge is -2.29. The molecule has 3 unspecified atom stereocenters. The highest BCUT2D eigenvalue weighted by atomic mass is 31.2. The highest BCUT2D eigenvalue weighted by Gasteiger charge is 2.23. The van der Waals surface area contributed by atoms with Gasteiger partial charge in [0.15, 0.2) is 0 Å². The minimum absolute atomic E-state index is 0.0110. The molecule has 0 rings (SSSR count). The molecule has 0 aromatic rings. The van der Waals surface area contributed by atoms with Crippen LogP contribution in [0.15, 0.2) is 85.1 Å². The average molecular weight is 943 g/mol. The van der Waals surface area contributed by atoms with Crippen LogP contribution in [0.25, 0.3) is 0 Å². The maximum Gasteiger partial charge on any atom is 0.268 e. The van der Waals surface area contributed by atoms with Gasteiger partial charge in [-0.15, -0.1) is 0 Å². The summed E-state index contributed by atoms with van der Waals surface area (Å²) in [6, 6.07) is -0.909. The molecule has 8 nitrogen and oxygen atoms in total. The number of hydrogen-bond acceptors (Lipinski definition) is 6. The van der Waals surface area contributed by atoms with E-state index in [1.165, 1.54) is 128 Å². The third-order valence-electron chi connectivity index (χ3n) is 11.7. The van der Waals surface area contributed by atoms with Crippen LogP contribution < -0.4 is 10.2 Å². The number of phosphoric acid groups is 1. The van der Waals surface area contributed by atoms with Crippen LogP contribution in [-0.4, -0.2) is 68.5 Å². The molecule has 66 heavy (non-hydrogen) atoms. The molecule has 382 valence electrons. The lowest BCUT2D eigenvalue weighted by molar-refractivity contribution is -0.870. The fraction of sp³-hybridized carbons (Fsp3) is 0.737. The van der Waals surface area contributed by atoms with Gasteiger partial charge in [0.1, 0.15) is 13.2 Å². The number of phosphoric ester groups is 1. The number of likely N-dealkylation sites (N-methyl/N-ethyl adjacent to an activating group) is 1. The molecule has 0 spiro atoms. The molecule has 0 aliphatic carbocycles. The SMILES string of the molecule is C/C=C/CC/C=C/CC/C=C/C(O)C(COP(=O)([O-])OCC[N+](C)(C)C)NC(=O)CCCCCCCCCCCCCCCCCCCCCCCC/C=C\C/C=C\C/C=C\C/C=C\CC. The normalized spacial score (nSPS) is 14.7. The molecule has 0 fully saturated rings. The fourth-order valence-electron chi connectivity index (χ4n) is 7.48. The Bertz CT molecular complexity index is 1350. The van der Waals surface area contributed by atoms with Crippen molar-refractivity contribution in [3.8, 4) is 0 Å².